The van der Waals surface area contributed by atoms with Crippen molar-refractivity contribution in [1.29, 1.82) is 0 Å². The highest BCUT2D eigenvalue weighted by atomic mass is 16.8. The minimum Gasteiger partial charge on any atom is -0.394 e. The first-order valence-corrected chi connectivity index (χ1v) is 26.0. The lowest BCUT2D eigenvalue weighted by Crippen LogP contribution is -2.74. The van der Waals surface area contributed by atoms with E-state index in [1.54, 1.807) is 6.08 Å². The Bertz CT molecular complexity index is 1260. The Hall–Kier alpha value is -1.80. The fourth-order valence-corrected chi connectivity index (χ4v) is 8.79. The van der Waals surface area contributed by atoms with Crippen LogP contribution in [0.25, 0.3) is 0 Å². The fraction of sp³-hybridized carbons (Fsp3) is 0.920. The van der Waals surface area contributed by atoms with Crippen LogP contribution in [0.3, 0.4) is 0 Å². The second kappa shape index (κ2) is 36.2. The summed E-state index contributed by atoms with van der Waals surface area (Å²) in [7, 11) is 0. The van der Waals surface area contributed by atoms with Gasteiger partial charge < -0.3 is 70.4 Å². The molecular weight excluding hydrogens is 853 g/mol. The highest BCUT2D eigenvalue weighted by Gasteiger charge is 2.60. The lowest BCUT2D eigenvalue weighted by molar-refractivity contribution is -0.430. The van der Waals surface area contributed by atoms with Crippen LogP contribution in [0, 0.1) is 0 Å². The first-order chi connectivity index (χ1) is 31.8. The molecule has 2 aliphatic rings. The number of allylic oxidation sites excluding steroid dienone is 1. The number of aliphatic hydroxyl groups is 8. The van der Waals surface area contributed by atoms with Crippen molar-refractivity contribution in [2.24, 2.45) is 0 Å². The van der Waals surface area contributed by atoms with Crippen molar-refractivity contribution < 1.29 is 69.4 Å². The monoisotopic (exact) mass is 947 g/mol. The average Bonchev–Trinajstić information content (AvgIpc) is 3.30. The molecule has 0 spiro atoms. The Morgan fingerprint density at radius 3 is 1.61 bits per heavy atom. The summed E-state index contributed by atoms with van der Waals surface area (Å²) >= 11 is 0. The first-order valence-electron chi connectivity index (χ1n) is 26.0. The number of amides is 2. The highest BCUT2D eigenvalue weighted by molar-refractivity contribution is 5.76. The molecule has 2 fully saturated rings. The summed E-state index contributed by atoms with van der Waals surface area (Å²) in [5.41, 5.74) is 0. The van der Waals surface area contributed by atoms with Gasteiger partial charge in [0.1, 0.15) is 42.7 Å². The zero-order chi connectivity index (χ0) is 48.6. The third-order valence-corrected chi connectivity index (χ3v) is 13.0. The molecule has 10 N–H and O–H groups in total. The summed E-state index contributed by atoms with van der Waals surface area (Å²) in [6.07, 6.45) is 20.3. The molecule has 0 radical (unpaired) electrons. The molecule has 2 aliphatic heterocycles. The van der Waals surface area contributed by atoms with Crippen LogP contribution in [0.15, 0.2) is 12.2 Å². The maximum atomic E-state index is 13.3. The van der Waals surface area contributed by atoms with Crippen molar-refractivity contribution in [2.75, 3.05) is 19.8 Å². The molecule has 0 saturated carbocycles. The first kappa shape index (κ1) is 60.3. The van der Waals surface area contributed by atoms with Crippen LogP contribution in [-0.4, -0.2) is 146 Å². The molecule has 66 heavy (non-hydrogen) atoms. The van der Waals surface area contributed by atoms with Gasteiger partial charge >= 0.3 is 0 Å². The molecule has 388 valence electrons. The molecule has 0 bridgehead atoms. The van der Waals surface area contributed by atoms with Crippen LogP contribution < -0.4 is 10.6 Å². The van der Waals surface area contributed by atoms with E-state index in [4.69, 9.17) is 18.9 Å². The van der Waals surface area contributed by atoms with E-state index in [9.17, 15) is 50.4 Å². The smallest absolute Gasteiger partial charge is 0.226 e. The summed E-state index contributed by atoms with van der Waals surface area (Å²) in [5, 5.41) is 91.0. The van der Waals surface area contributed by atoms with Crippen molar-refractivity contribution >= 4 is 11.8 Å². The summed E-state index contributed by atoms with van der Waals surface area (Å²) < 4.78 is 22.8. The molecule has 12 atom stereocenters. The molecule has 0 aromatic carbocycles. The van der Waals surface area contributed by atoms with Gasteiger partial charge in [-0.15, -0.1) is 0 Å². The lowest BCUT2D eigenvalue weighted by Gasteiger charge is -2.51. The normalized spacial score (nSPS) is 27.8. The van der Waals surface area contributed by atoms with Gasteiger partial charge in [0.15, 0.2) is 12.6 Å². The molecule has 2 saturated heterocycles. The molecule has 0 aliphatic carbocycles. The Labute approximate surface area is 396 Å². The average molecular weight is 947 g/mol. The Kier molecular flexibility index (Phi) is 33.1. The van der Waals surface area contributed by atoms with E-state index in [-0.39, 0.29) is 18.9 Å². The Morgan fingerprint density at radius 2 is 1.14 bits per heavy atom. The van der Waals surface area contributed by atoms with Crippen molar-refractivity contribution in [3.8, 4) is 0 Å². The molecule has 0 aromatic heterocycles. The summed E-state index contributed by atoms with van der Waals surface area (Å²) in [6.45, 7) is 3.46. The molecule has 2 unspecified atom stereocenters. The SMILES string of the molecule is CCCCCCCCCCCCCC=CC(O)C(CO[C@H]1O[C@H](CO)[C@@](O)(O[C@@H]2O[C@H](CO)[C@H](O)[C@H](O)[C@H]2O)[C@H](O)[C@H]1NC(C)=O)NC(=O)CCCCCCCCCCCCCCCCC. The Morgan fingerprint density at radius 1 is 0.652 bits per heavy atom. The van der Waals surface area contributed by atoms with E-state index in [2.05, 4.69) is 24.5 Å². The molecule has 0 aromatic rings. The van der Waals surface area contributed by atoms with Gasteiger partial charge in [0.2, 0.25) is 17.6 Å². The van der Waals surface area contributed by atoms with Gasteiger partial charge in [0.25, 0.3) is 0 Å². The van der Waals surface area contributed by atoms with Gasteiger partial charge in [0.05, 0.1) is 32.0 Å². The van der Waals surface area contributed by atoms with Gasteiger partial charge in [-0.1, -0.05) is 180 Å². The van der Waals surface area contributed by atoms with Gasteiger partial charge in [-0.2, -0.15) is 0 Å². The van der Waals surface area contributed by atoms with Crippen molar-refractivity contribution in [3.05, 3.63) is 12.2 Å². The molecular formula is C50H94N2O14. The van der Waals surface area contributed by atoms with Crippen molar-refractivity contribution in [3.63, 3.8) is 0 Å². The second-order valence-corrected chi connectivity index (χ2v) is 18.9. The van der Waals surface area contributed by atoms with Crippen LogP contribution in [-0.2, 0) is 28.5 Å². The molecule has 16 heteroatoms. The lowest BCUT2D eigenvalue weighted by atomic mass is 9.92. The summed E-state index contributed by atoms with van der Waals surface area (Å²) in [5.74, 6) is -3.87. The maximum Gasteiger partial charge on any atom is 0.226 e. The number of hydrogen-bond donors (Lipinski definition) is 10. The van der Waals surface area contributed by atoms with Crippen LogP contribution in [0.2, 0.25) is 0 Å². The van der Waals surface area contributed by atoms with E-state index in [0.717, 1.165) is 51.9 Å². The predicted molar refractivity (Wildman–Crippen MR) is 253 cm³/mol. The second-order valence-electron chi connectivity index (χ2n) is 18.9. The van der Waals surface area contributed by atoms with Gasteiger partial charge in [-0.05, 0) is 19.3 Å². The number of nitrogens with one attached hydrogen (secondary N) is 2. The zero-order valence-corrected chi connectivity index (χ0v) is 41.0. The quantitative estimate of drug-likeness (QED) is 0.0209. The van der Waals surface area contributed by atoms with Crippen LogP contribution in [0.4, 0.5) is 0 Å². The van der Waals surface area contributed by atoms with E-state index in [1.807, 2.05) is 6.08 Å². The number of hydrogen-bond acceptors (Lipinski definition) is 14. The molecule has 2 amide bonds. The van der Waals surface area contributed by atoms with Gasteiger partial charge in [-0.3, -0.25) is 9.59 Å². The summed E-state index contributed by atoms with van der Waals surface area (Å²) in [6, 6.07) is -2.56. The van der Waals surface area contributed by atoms with Gasteiger partial charge in [-0.25, -0.2) is 0 Å². The van der Waals surface area contributed by atoms with Crippen LogP contribution >= 0.6 is 0 Å². The van der Waals surface area contributed by atoms with Crippen LogP contribution in [0.5, 0.6) is 0 Å². The van der Waals surface area contributed by atoms with Crippen molar-refractivity contribution in [1.82, 2.24) is 10.6 Å². The number of unbranched alkanes of at least 4 members (excludes halogenated alkanes) is 25. The largest absolute Gasteiger partial charge is 0.394 e. The summed E-state index contributed by atoms with van der Waals surface area (Å²) in [4.78, 5) is 25.7. The van der Waals surface area contributed by atoms with Crippen LogP contribution in [0.1, 0.15) is 201 Å². The predicted octanol–water partition coefficient (Wildman–Crippen LogP) is 5.46. The Balaban J connectivity index is 2.01. The topological polar surface area (TPSA) is 257 Å². The maximum absolute atomic E-state index is 13.3. The van der Waals surface area contributed by atoms with E-state index < -0.39 is 92.3 Å². The molecule has 2 rings (SSSR count). The minimum absolute atomic E-state index is 0.242. The third kappa shape index (κ3) is 23.2. The van der Waals surface area contributed by atoms with E-state index >= 15 is 0 Å². The minimum atomic E-state index is -2.91. The standard InChI is InChI=1S/C50H94N2O14/c1-4-6-8-10-12-14-16-18-19-21-23-25-27-29-31-33-42(57)52-38(39(56)32-30-28-26-24-22-20-17-15-13-11-9-7-5-2)36-63-48-43(51-37(3)55)47(61)50(62,41(35-54)65-48)66-49-46(60)45(59)44(58)40(34-53)64-49/h30,32,38-41,43-49,53-54,56,58-62H,4-29,31,33-36H2,1-3H3,(H,51,55)(H,52,57)/t38?,39?,40-,41-,43-,44+,45+,46-,47-,48+,49+,50-/m1/s1. The molecule has 16 nitrogen and oxygen atoms in total. The van der Waals surface area contributed by atoms with Gasteiger partial charge in [0, 0.05) is 13.3 Å². The zero-order valence-electron chi connectivity index (χ0n) is 41.0. The number of aliphatic hydroxyl groups excluding tert-OH is 7. The number of ether oxygens (including phenoxy) is 4. The third-order valence-electron chi connectivity index (χ3n) is 13.0. The fourth-order valence-electron chi connectivity index (χ4n) is 8.79. The van der Waals surface area contributed by atoms with E-state index in [1.165, 1.54) is 122 Å². The number of carbonyl (C=O) groups excluding carboxylic acids is 2. The number of rotatable bonds is 39. The molecule has 2 heterocycles. The van der Waals surface area contributed by atoms with Crippen molar-refractivity contribution in [2.45, 2.75) is 274 Å². The van der Waals surface area contributed by atoms with E-state index in [0.29, 0.717) is 6.42 Å². The highest BCUT2D eigenvalue weighted by Crippen LogP contribution is 2.36. The number of carbonyl (C=O) groups is 2.